The maximum Gasteiger partial charge on any atom is 0.313 e. The molecular formula is C22H18BrClN4O4. The third kappa shape index (κ3) is 4.82. The van der Waals surface area contributed by atoms with Crippen LogP contribution >= 0.6 is 27.5 Å². The number of nitro groups is 1. The van der Waals surface area contributed by atoms with E-state index < -0.39 is 10.3 Å². The highest BCUT2D eigenvalue weighted by atomic mass is 79.9. The number of ether oxygens (including phenoxy) is 1. The Bertz CT molecular complexity index is 1350. The van der Waals surface area contributed by atoms with Gasteiger partial charge in [-0.1, -0.05) is 54.2 Å². The lowest BCUT2D eigenvalue weighted by molar-refractivity contribution is -0.385. The van der Waals surface area contributed by atoms with Gasteiger partial charge in [0.2, 0.25) is 5.75 Å². The van der Waals surface area contributed by atoms with Crippen LogP contribution in [0.1, 0.15) is 32.2 Å². The summed E-state index contributed by atoms with van der Waals surface area (Å²) in [5, 5.41) is 16.2. The third-order valence-corrected chi connectivity index (χ3v) is 5.12. The van der Waals surface area contributed by atoms with E-state index in [9.17, 15) is 14.9 Å². The second-order valence-corrected chi connectivity index (χ2v) is 9.13. The van der Waals surface area contributed by atoms with Crippen molar-refractivity contribution in [2.24, 2.45) is 5.10 Å². The summed E-state index contributed by atoms with van der Waals surface area (Å²) in [5.41, 5.74) is -0.391. The van der Waals surface area contributed by atoms with Gasteiger partial charge in [0.05, 0.1) is 27.1 Å². The van der Waals surface area contributed by atoms with E-state index in [0.29, 0.717) is 22.3 Å². The third-order valence-electron chi connectivity index (χ3n) is 4.34. The van der Waals surface area contributed by atoms with Crippen molar-refractivity contribution < 1.29 is 9.66 Å². The van der Waals surface area contributed by atoms with E-state index in [1.165, 1.54) is 23.0 Å². The average molecular weight is 518 g/mol. The Morgan fingerprint density at radius 2 is 2.09 bits per heavy atom. The topological polar surface area (TPSA) is 99.6 Å². The van der Waals surface area contributed by atoms with Crippen LogP contribution in [0.5, 0.6) is 5.75 Å². The van der Waals surface area contributed by atoms with Crippen molar-refractivity contribution >= 4 is 50.3 Å². The first-order chi connectivity index (χ1) is 15.0. The predicted octanol–water partition coefficient (Wildman–Crippen LogP) is 4.91. The van der Waals surface area contributed by atoms with Crippen molar-refractivity contribution in [1.29, 1.82) is 0 Å². The molecule has 0 atom stereocenters. The van der Waals surface area contributed by atoms with E-state index in [4.69, 9.17) is 22.8 Å². The van der Waals surface area contributed by atoms with Crippen molar-refractivity contribution in [1.82, 2.24) is 9.66 Å². The largest absolute Gasteiger partial charge is 0.473 e. The van der Waals surface area contributed by atoms with Crippen LogP contribution in [0, 0.1) is 22.5 Å². The van der Waals surface area contributed by atoms with Crippen LogP contribution in [0.25, 0.3) is 10.9 Å². The summed E-state index contributed by atoms with van der Waals surface area (Å²) in [6.07, 6.45) is 6.47. The molecule has 0 fully saturated rings. The number of terminal acetylenes is 1. The van der Waals surface area contributed by atoms with Gasteiger partial charge in [-0.15, -0.1) is 6.42 Å². The van der Waals surface area contributed by atoms with Crippen LogP contribution in [-0.2, 0) is 5.41 Å². The lowest BCUT2D eigenvalue weighted by atomic mass is 9.95. The van der Waals surface area contributed by atoms with Crippen LogP contribution in [0.3, 0.4) is 0 Å². The predicted molar refractivity (Wildman–Crippen MR) is 128 cm³/mol. The quantitative estimate of drug-likeness (QED) is 0.207. The Balaban J connectivity index is 2.18. The zero-order chi connectivity index (χ0) is 23.6. The molecule has 0 aliphatic heterocycles. The number of rotatable bonds is 5. The van der Waals surface area contributed by atoms with Crippen LogP contribution < -0.4 is 10.3 Å². The Morgan fingerprint density at radius 3 is 2.72 bits per heavy atom. The zero-order valence-electron chi connectivity index (χ0n) is 17.4. The van der Waals surface area contributed by atoms with Crippen molar-refractivity contribution in [3.8, 4) is 18.1 Å². The Morgan fingerprint density at radius 1 is 1.38 bits per heavy atom. The van der Waals surface area contributed by atoms with Gasteiger partial charge in [-0.05, 0) is 24.3 Å². The molecule has 1 aromatic heterocycles. The zero-order valence-corrected chi connectivity index (χ0v) is 19.8. The molecule has 0 amide bonds. The number of aromatic nitrogens is 2. The van der Waals surface area contributed by atoms with Gasteiger partial charge in [0, 0.05) is 21.5 Å². The maximum absolute atomic E-state index is 13.2. The molecule has 3 aromatic rings. The first-order valence-corrected chi connectivity index (χ1v) is 10.5. The minimum Gasteiger partial charge on any atom is -0.473 e. The summed E-state index contributed by atoms with van der Waals surface area (Å²) in [5.74, 6) is 2.54. The van der Waals surface area contributed by atoms with E-state index in [2.05, 4.69) is 31.9 Å². The van der Waals surface area contributed by atoms with Gasteiger partial charge >= 0.3 is 5.69 Å². The Kier molecular flexibility index (Phi) is 6.67. The normalized spacial score (nSPS) is 11.6. The highest BCUT2D eigenvalue weighted by Gasteiger charge is 2.23. The summed E-state index contributed by atoms with van der Waals surface area (Å²) in [6.45, 7) is 5.55. The summed E-state index contributed by atoms with van der Waals surface area (Å²) < 4.78 is 7.14. The van der Waals surface area contributed by atoms with Crippen molar-refractivity contribution in [3.63, 3.8) is 0 Å². The first kappa shape index (κ1) is 23.4. The SMILES string of the molecule is C#CCOc1c(Cl)cc(C=Nn2c(C(C)(C)C)nc3ccc(Br)cc3c2=O)cc1[N+](=O)[O-]. The minimum absolute atomic E-state index is 0.000131. The van der Waals surface area contributed by atoms with Gasteiger partial charge in [-0.2, -0.15) is 9.78 Å². The molecule has 0 unspecified atom stereocenters. The monoisotopic (exact) mass is 516 g/mol. The van der Waals surface area contributed by atoms with Crippen LogP contribution in [-0.4, -0.2) is 27.4 Å². The molecule has 3 rings (SSSR count). The van der Waals surface area contributed by atoms with Gasteiger partial charge in [-0.3, -0.25) is 14.9 Å². The fourth-order valence-corrected chi connectivity index (χ4v) is 3.57. The molecular weight excluding hydrogens is 500 g/mol. The van der Waals surface area contributed by atoms with E-state index >= 15 is 0 Å². The Labute approximate surface area is 197 Å². The van der Waals surface area contributed by atoms with Crippen molar-refractivity contribution in [3.05, 3.63) is 71.7 Å². The lowest BCUT2D eigenvalue weighted by Gasteiger charge is -2.20. The maximum atomic E-state index is 13.2. The van der Waals surface area contributed by atoms with E-state index in [1.807, 2.05) is 20.8 Å². The van der Waals surface area contributed by atoms with E-state index in [-0.39, 0.29) is 28.6 Å². The fraction of sp³-hybridized carbons (Fsp3) is 0.227. The molecule has 0 bridgehead atoms. The number of hydrogen-bond donors (Lipinski definition) is 0. The highest BCUT2D eigenvalue weighted by molar-refractivity contribution is 9.10. The molecule has 10 heteroatoms. The first-order valence-electron chi connectivity index (χ1n) is 9.34. The van der Waals surface area contributed by atoms with Crippen LogP contribution in [0.2, 0.25) is 5.02 Å². The number of benzene rings is 2. The Hall–Kier alpha value is -3.22. The molecule has 0 aliphatic rings. The molecule has 0 radical (unpaired) electrons. The summed E-state index contributed by atoms with van der Waals surface area (Å²) in [7, 11) is 0. The number of nitro benzene ring substituents is 1. The van der Waals surface area contributed by atoms with Crippen LogP contribution in [0.15, 0.2) is 44.7 Å². The molecule has 32 heavy (non-hydrogen) atoms. The fourth-order valence-electron chi connectivity index (χ4n) is 2.93. The van der Waals surface area contributed by atoms with Crippen molar-refractivity contribution in [2.45, 2.75) is 26.2 Å². The molecule has 1 heterocycles. The highest BCUT2D eigenvalue weighted by Crippen LogP contribution is 2.35. The molecule has 0 saturated heterocycles. The smallest absolute Gasteiger partial charge is 0.313 e. The van der Waals surface area contributed by atoms with Gasteiger partial charge in [-0.25, -0.2) is 4.98 Å². The number of halogens is 2. The minimum atomic E-state index is -0.628. The number of nitrogens with zero attached hydrogens (tertiary/aromatic N) is 4. The molecule has 0 N–H and O–H groups in total. The summed E-state index contributed by atoms with van der Waals surface area (Å²) >= 11 is 9.54. The summed E-state index contributed by atoms with van der Waals surface area (Å²) in [6, 6.07) is 7.91. The van der Waals surface area contributed by atoms with Gasteiger partial charge in [0.15, 0.2) is 0 Å². The molecule has 8 nitrogen and oxygen atoms in total. The lowest BCUT2D eigenvalue weighted by Crippen LogP contribution is -2.29. The van der Waals surface area contributed by atoms with E-state index in [1.54, 1.807) is 18.2 Å². The second-order valence-electron chi connectivity index (χ2n) is 7.81. The standard InChI is InChI=1S/C22H18BrClN4O4/c1-5-8-32-19-16(24)9-13(10-18(19)28(30)31)12-25-27-20(29)15-11-14(23)6-7-17(15)26-21(27)22(2,3)4/h1,6-7,9-12H,8H2,2-4H3. The molecule has 164 valence electrons. The van der Waals surface area contributed by atoms with Gasteiger partial charge in [0.25, 0.3) is 5.56 Å². The van der Waals surface area contributed by atoms with E-state index in [0.717, 1.165) is 4.47 Å². The van der Waals surface area contributed by atoms with Crippen molar-refractivity contribution in [2.75, 3.05) is 6.61 Å². The van der Waals surface area contributed by atoms with Gasteiger partial charge < -0.3 is 4.74 Å². The van der Waals surface area contributed by atoms with Crippen LogP contribution in [0.4, 0.5) is 5.69 Å². The molecule has 0 spiro atoms. The number of fused-ring (bicyclic) bond motifs is 1. The molecule has 0 saturated carbocycles. The summed E-state index contributed by atoms with van der Waals surface area (Å²) in [4.78, 5) is 28.7. The average Bonchev–Trinajstić information content (AvgIpc) is 2.71. The van der Waals surface area contributed by atoms with Gasteiger partial charge in [0.1, 0.15) is 12.4 Å². The molecule has 0 aliphatic carbocycles. The molecule has 2 aromatic carbocycles. The number of hydrogen-bond acceptors (Lipinski definition) is 6. The second kappa shape index (κ2) is 9.10.